The number of hydrogen-bond donors (Lipinski definition) is 1. The molecular formula is C21H31F3O2. The lowest BCUT2D eigenvalue weighted by molar-refractivity contribution is -0.194. The first-order chi connectivity index (χ1) is 12.4. The van der Waals surface area contributed by atoms with Crippen molar-refractivity contribution in [1.82, 2.24) is 0 Å². The molecule has 0 radical (unpaired) electrons. The second kappa shape index (κ2) is 15.5. The summed E-state index contributed by atoms with van der Waals surface area (Å²) in [5.41, 5.74) is 0. The van der Waals surface area contributed by atoms with Gasteiger partial charge >= 0.3 is 12.1 Å². The van der Waals surface area contributed by atoms with Crippen molar-refractivity contribution in [3.05, 3.63) is 48.6 Å². The second-order valence-electron chi connectivity index (χ2n) is 6.10. The molecule has 0 rings (SSSR count). The zero-order valence-corrected chi connectivity index (χ0v) is 15.5. The van der Waals surface area contributed by atoms with E-state index in [1.54, 1.807) is 12.2 Å². The van der Waals surface area contributed by atoms with E-state index in [1.165, 1.54) is 19.3 Å². The fourth-order valence-electron chi connectivity index (χ4n) is 2.25. The highest BCUT2D eigenvalue weighted by Crippen LogP contribution is 2.30. The number of aliphatic carboxylic acids is 1. The molecule has 0 aromatic carbocycles. The summed E-state index contributed by atoms with van der Waals surface area (Å²) in [7, 11) is 0. The Labute approximate surface area is 155 Å². The Morgan fingerprint density at radius 3 is 1.73 bits per heavy atom. The fourth-order valence-corrected chi connectivity index (χ4v) is 2.25. The Morgan fingerprint density at radius 1 is 0.846 bits per heavy atom. The molecule has 148 valence electrons. The van der Waals surface area contributed by atoms with Crippen LogP contribution in [-0.4, -0.2) is 17.3 Å². The highest BCUT2D eigenvalue weighted by molar-refractivity contribution is 5.70. The number of carboxylic acid groups (broad SMARTS) is 1. The van der Waals surface area contributed by atoms with Gasteiger partial charge in [0.15, 0.2) is 5.92 Å². The van der Waals surface area contributed by atoms with E-state index in [-0.39, 0.29) is 6.42 Å². The van der Waals surface area contributed by atoms with E-state index in [2.05, 4.69) is 31.2 Å². The van der Waals surface area contributed by atoms with Gasteiger partial charge in [0.2, 0.25) is 0 Å². The van der Waals surface area contributed by atoms with Gasteiger partial charge in [0, 0.05) is 0 Å². The number of hydrogen-bond acceptors (Lipinski definition) is 1. The summed E-state index contributed by atoms with van der Waals surface area (Å²) in [6.45, 7) is 2.19. The Bertz CT molecular complexity index is 474. The van der Waals surface area contributed by atoms with Gasteiger partial charge in [-0.25, -0.2) is 0 Å². The lowest BCUT2D eigenvalue weighted by Crippen LogP contribution is -2.30. The smallest absolute Gasteiger partial charge is 0.402 e. The van der Waals surface area contributed by atoms with Crippen molar-refractivity contribution in [3.63, 3.8) is 0 Å². The van der Waals surface area contributed by atoms with Crippen LogP contribution in [0.5, 0.6) is 0 Å². The largest absolute Gasteiger partial charge is 0.481 e. The number of halogens is 3. The minimum absolute atomic E-state index is 0.106. The van der Waals surface area contributed by atoms with Crippen molar-refractivity contribution < 1.29 is 23.1 Å². The summed E-state index contributed by atoms with van der Waals surface area (Å²) in [6.07, 6.45) is 18.2. The molecule has 0 amide bonds. The third kappa shape index (κ3) is 14.6. The zero-order chi connectivity index (χ0) is 19.7. The number of unbranched alkanes of at least 4 members (excludes halogenated alkanes) is 3. The van der Waals surface area contributed by atoms with E-state index >= 15 is 0 Å². The first-order valence-corrected chi connectivity index (χ1v) is 9.29. The van der Waals surface area contributed by atoms with Crippen LogP contribution in [0.4, 0.5) is 13.2 Å². The van der Waals surface area contributed by atoms with Crippen LogP contribution in [0, 0.1) is 5.92 Å². The lowest BCUT2D eigenvalue weighted by atomic mass is 10.0. The van der Waals surface area contributed by atoms with E-state index in [9.17, 15) is 18.0 Å². The normalized spacial score (nSPS) is 14.3. The Morgan fingerprint density at radius 2 is 1.31 bits per heavy atom. The maximum absolute atomic E-state index is 12.4. The third-order valence-electron chi connectivity index (χ3n) is 3.77. The first kappa shape index (κ1) is 24.2. The summed E-state index contributed by atoms with van der Waals surface area (Å²) in [4.78, 5) is 10.6. The maximum Gasteiger partial charge on any atom is 0.402 e. The summed E-state index contributed by atoms with van der Waals surface area (Å²) in [5.74, 6) is -4.10. The Hall–Kier alpha value is -1.78. The molecule has 0 spiro atoms. The minimum atomic E-state index is -4.68. The van der Waals surface area contributed by atoms with E-state index < -0.39 is 24.5 Å². The minimum Gasteiger partial charge on any atom is -0.481 e. The number of carbonyl (C=O) groups is 1. The van der Waals surface area contributed by atoms with Gasteiger partial charge in [-0.15, -0.1) is 0 Å². The molecule has 0 bridgehead atoms. The molecule has 0 fully saturated rings. The highest BCUT2D eigenvalue weighted by atomic mass is 19.4. The topological polar surface area (TPSA) is 37.3 Å². The molecule has 0 aromatic heterocycles. The van der Waals surface area contributed by atoms with E-state index in [0.717, 1.165) is 19.3 Å². The molecule has 1 N–H and O–H groups in total. The standard InChI is InChI=1S/C21H31F3O2/c1-2-3-4-5-6-7-8-9-10-11-12-13-14-15-16-17-18-19(20(25)26)21(22,23)24/h6-7,9-10,12-13,15-16,19H,2-5,8,11,14,17-18H2,1H3,(H,25,26)/b7-6-,10-9-,13-12-,16-15-. The van der Waals surface area contributed by atoms with Gasteiger partial charge in [-0.1, -0.05) is 68.4 Å². The summed E-state index contributed by atoms with van der Waals surface area (Å²) in [5, 5.41) is 8.57. The zero-order valence-electron chi connectivity index (χ0n) is 15.5. The third-order valence-corrected chi connectivity index (χ3v) is 3.77. The van der Waals surface area contributed by atoms with Crippen molar-refractivity contribution in [2.75, 3.05) is 0 Å². The number of alkyl halides is 3. The van der Waals surface area contributed by atoms with E-state index in [0.29, 0.717) is 6.42 Å². The van der Waals surface area contributed by atoms with Crippen LogP contribution < -0.4 is 0 Å². The van der Waals surface area contributed by atoms with Gasteiger partial charge < -0.3 is 5.11 Å². The summed E-state index contributed by atoms with van der Waals surface area (Å²) >= 11 is 0. The summed E-state index contributed by atoms with van der Waals surface area (Å²) in [6, 6.07) is 0. The predicted molar refractivity (Wildman–Crippen MR) is 101 cm³/mol. The van der Waals surface area contributed by atoms with Crippen LogP contribution >= 0.6 is 0 Å². The number of carboxylic acids is 1. The van der Waals surface area contributed by atoms with Gasteiger partial charge in [-0.3, -0.25) is 4.79 Å². The van der Waals surface area contributed by atoms with Crippen LogP contribution in [0.2, 0.25) is 0 Å². The van der Waals surface area contributed by atoms with E-state index in [1.807, 2.05) is 12.2 Å². The van der Waals surface area contributed by atoms with Crippen molar-refractivity contribution in [2.45, 2.75) is 70.9 Å². The van der Waals surface area contributed by atoms with Crippen LogP contribution in [0.15, 0.2) is 48.6 Å². The van der Waals surface area contributed by atoms with Crippen LogP contribution in [0.3, 0.4) is 0 Å². The van der Waals surface area contributed by atoms with E-state index in [4.69, 9.17) is 5.11 Å². The molecule has 5 heteroatoms. The Balaban J connectivity index is 3.76. The molecule has 0 aromatic rings. The molecule has 2 nitrogen and oxygen atoms in total. The Kier molecular flexibility index (Phi) is 14.4. The van der Waals surface area contributed by atoms with Crippen LogP contribution in [0.1, 0.15) is 64.7 Å². The predicted octanol–water partition coefficient (Wildman–Crippen LogP) is 7.01. The molecule has 0 saturated heterocycles. The van der Waals surface area contributed by atoms with Crippen molar-refractivity contribution in [3.8, 4) is 0 Å². The molecule has 0 aliphatic rings. The van der Waals surface area contributed by atoms with Crippen LogP contribution in [0.25, 0.3) is 0 Å². The average Bonchev–Trinajstić information content (AvgIpc) is 2.56. The van der Waals surface area contributed by atoms with Gasteiger partial charge in [-0.2, -0.15) is 13.2 Å². The van der Waals surface area contributed by atoms with Gasteiger partial charge in [0.25, 0.3) is 0 Å². The number of allylic oxidation sites excluding steroid dienone is 8. The SMILES string of the molecule is CCCCC/C=C\C/C=C\C/C=C\C/C=C\CCC(C(=O)O)C(F)(F)F. The molecule has 0 aliphatic heterocycles. The van der Waals surface area contributed by atoms with Gasteiger partial charge in [0.05, 0.1) is 0 Å². The molecule has 0 heterocycles. The fraction of sp³-hybridized carbons (Fsp3) is 0.571. The van der Waals surface area contributed by atoms with Gasteiger partial charge in [-0.05, 0) is 44.9 Å². The second-order valence-corrected chi connectivity index (χ2v) is 6.10. The molecule has 0 saturated carbocycles. The average molecular weight is 372 g/mol. The molecular weight excluding hydrogens is 341 g/mol. The summed E-state index contributed by atoms with van der Waals surface area (Å²) < 4.78 is 37.3. The van der Waals surface area contributed by atoms with Crippen LogP contribution in [-0.2, 0) is 4.79 Å². The quantitative estimate of drug-likeness (QED) is 0.263. The molecule has 1 unspecified atom stereocenters. The number of rotatable bonds is 14. The maximum atomic E-state index is 12.4. The van der Waals surface area contributed by atoms with Crippen molar-refractivity contribution >= 4 is 5.97 Å². The van der Waals surface area contributed by atoms with Gasteiger partial charge in [0.1, 0.15) is 0 Å². The molecule has 0 aliphatic carbocycles. The lowest BCUT2D eigenvalue weighted by Gasteiger charge is -2.14. The first-order valence-electron chi connectivity index (χ1n) is 9.29. The van der Waals surface area contributed by atoms with Crippen molar-refractivity contribution in [1.29, 1.82) is 0 Å². The van der Waals surface area contributed by atoms with Crippen molar-refractivity contribution in [2.24, 2.45) is 5.92 Å². The molecule has 1 atom stereocenters. The highest BCUT2D eigenvalue weighted by Gasteiger charge is 2.44. The molecule has 26 heavy (non-hydrogen) atoms. The monoisotopic (exact) mass is 372 g/mol.